The first-order chi connectivity index (χ1) is 14.9. The van der Waals surface area contributed by atoms with Gasteiger partial charge in [0.15, 0.2) is 0 Å². The highest BCUT2D eigenvalue weighted by Crippen LogP contribution is 2.46. The van der Waals surface area contributed by atoms with Crippen molar-refractivity contribution in [2.45, 2.75) is 50.7 Å². The third-order valence-electron chi connectivity index (χ3n) is 4.98. The molecule has 8 nitrogen and oxygen atoms in total. The second kappa shape index (κ2) is 8.46. The van der Waals surface area contributed by atoms with Crippen molar-refractivity contribution in [2.75, 3.05) is 14.2 Å². The number of ether oxygens (including phenoxy) is 3. The van der Waals surface area contributed by atoms with Gasteiger partial charge in [-0.15, -0.1) is 0 Å². The van der Waals surface area contributed by atoms with E-state index < -0.39 is 33.5 Å². The largest absolute Gasteiger partial charge is 0.497 e. The van der Waals surface area contributed by atoms with Gasteiger partial charge in [0.25, 0.3) is 15.9 Å². The summed E-state index contributed by atoms with van der Waals surface area (Å²) in [5.74, 6) is -0.807. The summed E-state index contributed by atoms with van der Waals surface area (Å²) < 4.78 is 43.9. The molecule has 1 atom stereocenters. The maximum atomic E-state index is 13.5. The molecule has 0 aromatic heterocycles. The van der Waals surface area contributed by atoms with Crippen LogP contribution in [0.1, 0.15) is 54.7 Å². The summed E-state index contributed by atoms with van der Waals surface area (Å²) in [6.45, 7) is 6.97. The van der Waals surface area contributed by atoms with E-state index in [0.29, 0.717) is 11.3 Å². The minimum absolute atomic E-state index is 0.0515. The van der Waals surface area contributed by atoms with E-state index in [1.807, 2.05) is 6.92 Å². The predicted molar refractivity (Wildman–Crippen MR) is 117 cm³/mol. The van der Waals surface area contributed by atoms with E-state index in [1.54, 1.807) is 39.0 Å². The van der Waals surface area contributed by atoms with E-state index in [9.17, 15) is 18.0 Å². The van der Waals surface area contributed by atoms with Gasteiger partial charge in [0, 0.05) is 11.6 Å². The Labute approximate surface area is 188 Å². The number of esters is 1. The molecule has 9 heteroatoms. The van der Waals surface area contributed by atoms with E-state index in [4.69, 9.17) is 14.2 Å². The molecule has 1 unspecified atom stereocenters. The standard InChI is InChI=1S/C23H27NO7S/c1-14-7-9-16(10-8-14)32(27,28)24-18(13-20(25)31-23(2,3)4)21-17(22(24)26)11-15(29-5)12-19(21)30-6/h7-12,18H,13H2,1-6H3. The van der Waals surface area contributed by atoms with Crippen molar-refractivity contribution in [3.05, 3.63) is 53.1 Å². The molecule has 0 saturated carbocycles. The monoisotopic (exact) mass is 461 g/mol. The van der Waals surface area contributed by atoms with Gasteiger partial charge in [0.1, 0.15) is 17.1 Å². The van der Waals surface area contributed by atoms with E-state index in [2.05, 4.69) is 0 Å². The zero-order valence-electron chi connectivity index (χ0n) is 19.0. The summed E-state index contributed by atoms with van der Waals surface area (Å²) in [5, 5.41) is 0. The molecule has 0 radical (unpaired) electrons. The number of aryl methyl sites for hydroxylation is 1. The number of rotatable bonds is 6. The fourth-order valence-electron chi connectivity index (χ4n) is 3.61. The lowest BCUT2D eigenvalue weighted by molar-refractivity contribution is -0.155. The van der Waals surface area contributed by atoms with Gasteiger partial charge in [0.2, 0.25) is 0 Å². The third kappa shape index (κ3) is 4.43. The highest BCUT2D eigenvalue weighted by Gasteiger charge is 2.48. The van der Waals surface area contributed by atoms with Gasteiger partial charge >= 0.3 is 5.97 Å². The SMILES string of the molecule is COc1cc(OC)c2c(c1)C(=O)N(S(=O)(=O)c1ccc(C)cc1)C2CC(=O)OC(C)(C)C. The summed E-state index contributed by atoms with van der Waals surface area (Å²) in [4.78, 5) is 26.0. The average Bonchev–Trinajstić information content (AvgIpc) is 2.98. The number of sulfonamides is 1. The quantitative estimate of drug-likeness (QED) is 0.606. The summed E-state index contributed by atoms with van der Waals surface area (Å²) in [5.41, 5.74) is 0.509. The van der Waals surface area contributed by atoms with Gasteiger partial charge in [-0.25, -0.2) is 12.7 Å². The van der Waals surface area contributed by atoms with Crippen LogP contribution < -0.4 is 9.47 Å². The van der Waals surface area contributed by atoms with Crippen molar-refractivity contribution >= 4 is 21.9 Å². The second-order valence-electron chi connectivity index (χ2n) is 8.52. The van der Waals surface area contributed by atoms with Crippen LogP contribution in [0.2, 0.25) is 0 Å². The molecule has 0 spiro atoms. The number of carbonyl (C=O) groups is 2. The number of amides is 1. The summed E-state index contributed by atoms with van der Waals surface area (Å²) >= 11 is 0. The molecule has 0 saturated heterocycles. The van der Waals surface area contributed by atoms with E-state index >= 15 is 0 Å². The van der Waals surface area contributed by atoms with Crippen LogP contribution in [0, 0.1) is 6.92 Å². The van der Waals surface area contributed by atoms with Crippen molar-refractivity contribution in [2.24, 2.45) is 0 Å². The van der Waals surface area contributed by atoms with Crippen LogP contribution in [0.5, 0.6) is 11.5 Å². The topological polar surface area (TPSA) is 99.2 Å². The molecule has 0 bridgehead atoms. The Morgan fingerprint density at radius 3 is 2.22 bits per heavy atom. The molecule has 2 aromatic rings. The number of fused-ring (bicyclic) bond motifs is 1. The van der Waals surface area contributed by atoms with Gasteiger partial charge in [-0.2, -0.15) is 0 Å². The first-order valence-electron chi connectivity index (χ1n) is 10.0. The highest BCUT2D eigenvalue weighted by atomic mass is 32.2. The van der Waals surface area contributed by atoms with Crippen LogP contribution in [-0.2, 0) is 19.6 Å². The lowest BCUT2D eigenvalue weighted by atomic mass is 10.0. The Morgan fingerprint density at radius 2 is 1.69 bits per heavy atom. The van der Waals surface area contributed by atoms with Gasteiger partial charge < -0.3 is 14.2 Å². The molecule has 1 aliphatic rings. The molecule has 32 heavy (non-hydrogen) atoms. The van der Waals surface area contributed by atoms with Crippen molar-refractivity contribution in [3.8, 4) is 11.5 Å². The van der Waals surface area contributed by atoms with E-state index in [-0.39, 0.29) is 22.6 Å². The third-order valence-corrected chi connectivity index (χ3v) is 6.78. The zero-order chi connectivity index (χ0) is 23.8. The van der Waals surface area contributed by atoms with Crippen LogP contribution in [0.4, 0.5) is 0 Å². The van der Waals surface area contributed by atoms with Crippen molar-refractivity contribution < 1.29 is 32.2 Å². The minimum Gasteiger partial charge on any atom is -0.497 e. The van der Waals surface area contributed by atoms with Crippen molar-refractivity contribution in [1.29, 1.82) is 0 Å². The Hall–Kier alpha value is -3.07. The molecule has 0 N–H and O–H groups in total. The molecular formula is C23H27NO7S. The predicted octanol–water partition coefficient (Wildman–Crippen LogP) is 3.63. The zero-order valence-corrected chi connectivity index (χ0v) is 19.8. The van der Waals surface area contributed by atoms with Gasteiger partial charge in [-0.3, -0.25) is 9.59 Å². The summed E-state index contributed by atoms with van der Waals surface area (Å²) in [6.07, 6.45) is -0.357. The van der Waals surface area contributed by atoms with Gasteiger partial charge in [-0.1, -0.05) is 17.7 Å². The minimum atomic E-state index is -4.28. The van der Waals surface area contributed by atoms with Crippen LogP contribution in [0.25, 0.3) is 0 Å². The summed E-state index contributed by atoms with van der Waals surface area (Å²) in [7, 11) is -1.44. The van der Waals surface area contributed by atoms with Crippen LogP contribution in [-0.4, -0.2) is 44.4 Å². The molecule has 0 fully saturated rings. The molecule has 3 rings (SSSR count). The Bertz CT molecular complexity index is 1150. The number of benzene rings is 2. The lowest BCUT2D eigenvalue weighted by Gasteiger charge is -2.27. The number of methoxy groups -OCH3 is 2. The molecule has 0 aliphatic carbocycles. The second-order valence-corrected chi connectivity index (χ2v) is 10.3. The Morgan fingerprint density at radius 1 is 1.06 bits per heavy atom. The van der Waals surface area contributed by atoms with Crippen LogP contribution in [0.15, 0.2) is 41.3 Å². The molecule has 1 heterocycles. The maximum Gasteiger partial charge on any atom is 0.308 e. The fraction of sp³-hybridized carbons (Fsp3) is 0.391. The molecule has 1 aliphatic heterocycles. The Balaban J connectivity index is 2.17. The number of hydrogen-bond acceptors (Lipinski definition) is 7. The molecule has 1 amide bonds. The number of hydrogen-bond donors (Lipinski definition) is 0. The lowest BCUT2D eigenvalue weighted by Crippen LogP contribution is -2.36. The maximum absolute atomic E-state index is 13.5. The van der Waals surface area contributed by atoms with Gasteiger partial charge in [-0.05, 0) is 45.9 Å². The first kappa shape index (κ1) is 23.6. The highest BCUT2D eigenvalue weighted by molar-refractivity contribution is 7.89. The smallest absolute Gasteiger partial charge is 0.308 e. The fourth-order valence-corrected chi connectivity index (χ4v) is 5.15. The Kier molecular flexibility index (Phi) is 6.24. The normalized spacial score (nSPS) is 16.0. The summed E-state index contributed by atoms with van der Waals surface area (Å²) in [6, 6.07) is 8.04. The number of carbonyl (C=O) groups excluding carboxylic acids is 2. The van der Waals surface area contributed by atoms with Crippen LogP contribution in [0.3, 0.4) is 0 Å². The molecule has 2 aromatic carbocycles. The van der Waals surface area contributed by atoms with Crippen molar-refractivity contribution in [1.82, 2.24) is 4.31 Å². The van der Waals surface area contributed by atoms with Crippen LogP contribution >= 0.6 is 0 Å². The first-order valence-corrected chi connectivity index (χ1v) is 11.5. The van der Waals surface area contributed by atoms with E-state index in [0.717, 1.165) is 9.87 Å². The van der Waals surface area contributed by atoms with Gasteiger partial charge in [0.05, 0.1) is 37.1 Å². The average molecular weight is 462 g/mol. The molecular weight excluding hydrogens is 434 g/mol. The van der Waals surface area contributed by atoms with E-state index in [1.165, 1.54) is 32.4 Å². The molecule has 172 valence electrons. The number of nitrogens with zero attached hydrogens (tertiary/aromatic N) is 1. The van der Waals surface area contributed by atoms with Crippen molar-refractivity contribution in [3.63, 3.8) is 0 Å².